The number of nitrogens with one attached hydrogen (secondary N) is 1. The van der Waals surface area contributed by atoms with E-state index in [-0.39, 0.29) is 28.0 Å². The Hall–Kier alpha value is -3.69. The maximum Gasteiger partial charge on any atom is 0.329 e. The number of unbranched alkanes of at least 4 members (excludes halogenated alkanes) is 1. The van der Waals surface area contributed by atoms with Crippen molar-refractivity contribution < 1.29 is 27.5 Å². The molecule has 0 aliphatic rings. The Kier molecular flexibility index (Phi) is 7.14. The van der Waals surface area contributed by atoms with E-state index >= 15 is 0 Å². The number of sulfonamides is 1. The minimum Gasteiger partial charge on any atom is -0.507 e. The Bertz CT molecular complexity index is 1610. The standard InChI is InChI=1S/C27H27NO7S/c1-4-5-9-21(28-36(32,33)19-12-10-16(2)11-13-19)27(31)34-18-14-22(29)24-23(15-18)35-26-17(3)7-6-8-20(26)25(24)30/h6-8,10-15,21,28-29H,4-5,9H2,1-3H3/t21-/m0/s1. The van der Waals surface area contributed by atoms with Gasteiger partial charge in [-0.15, -0.1) is 0 Å². The lowest BCUT2D eigenvalue weighted by Gasteiger charge is -2.18. The van der Waals surface area contributed by atoms with Crippen molar-refractivity contribution in [2.24, 2.45) is 0 Å². The number of carbonyl (C=O) groups excluding carboxylic acids is 1. The van der Waals surface area contributed by atoms with Gasteiger partial charge in [0.1, 0.15) is 34.1 Å². The second kappa shape index (κ2) is 10.1. The lowest BCUT2D eigenvalue weighted by Crippen LogP contribution is -2.42. The molecular formula is C27H27NO7S. The fourth-order valence-corrected chi connectivity index (χ4v) is 5.17. The predicted octanol–water partition coefficient (Wildman–Crippen LogP) is 4.71. The number of carbonyl (C=O) groups is 1. The van der Waals surface area contributed by atoms with Crippen LogP contribution in [0.1, 0.15) is 37.3 Å². The van der Waals surface area contributed by atoms with Crippen molar-refractivity contribution in [3.8, 4) is 11.5 Å². The first kappa shape index (κ1) is 25.4. The van der Waals surface area contributed by atoms with Crippen LogP contribution in [0, 0.1) is 13.8 Å². The molecule has 1 atom stereocenters. The fraction of sp³-hybridized carbons (Fsp3) is 0.259. The Morgan fingerprint density at radius 1 is 1.11 bits per heavy atom. The number of aromatic hydroxyl groups is 1. The van der Waals surface area contributed by atoms with Gasteiger partial charge in [-0.05, 0) is 44.0 Å². The van der Waals surface area contributed by atoms with Gasteiger partial charge < -0.3 is 14.3 Å². The van der Waals surface area contributed by atoms with E-state index in [1.54, 1.807) is 37.3 Å². The smallest absolute Gasteiger partial charge is 0.329 e. The number of fused-ring (bicyclic) bond motifs is 2. The Labute approximate surface area is 208 Å². The zero-order chi connectivity index (χ0) is 26.0. The van der Waals surface area contributed by atoms with E-state index in [1.807, 2.05) is 13.8 Å². The number of phenols is 1. The van der Waals surface area contributed by atoms with Gasteiger partial charge in [-0.25, -0.2) is 13.2 Å². The van der Waals surface area contributed by atoms with Gasteiger partial charge in [0.25, 0.3) is 0 Å². The number of rotatable bonds is 8. The number of esters is 1. The van der Waals surface area contributed by atoms with Crippen LogP contribution >= 0.6 is 0 Å². The summed E-state index contributed by atoms with van der Waals surface area (Å²) in [7, 11) is -3.98. The molecular weight excluding hydrogens is 482 g/mol. The summed E-state index contributed by atoms with van der Waals surface area (Å²) in [5.41, 5.74) is 1.65. The second-order valence-electron chi connectivity index (χ2n) is 8.75. The molecule has 188 valence electrons. The molecule has 9 heteroatoms. The Morgan fingerprint density at radius 3 is 2.53 bits per heavy atom. The molecule has 3 aromatic carbocycles. The van der Waals surface area contributed by atoms with Crippen molar-refractivity contribution in [3.05, 3.63) is 75.9 Å². The van der Waals surface area contributed by atoms with E-state index < -0.39 is 33.2 Å². The largest absolute Gasteiger partial charge is 0.507 e. The van der Waals surface area contributed by atoms with Crippen LogP contribution in [0.2, 0.25) is 0 Å². The number of benzene rings is 3. The molecule has 2 N–H and O–H groups in total. The first-order valence-electron chi connectivity index (χ1n) is 11.6. The molecule has 0 fully saturated rings. The third-order valence-electron chi connectivity index (χ3n) is 5.93. The fourth-order valence-electron chi connectivity index (χ4n) is 3.95. The number of aryl methyl sites for hydroxylation is 2. The maximum absolute atomic E-state index is 13.0. The Balaban J connectivity index is 1.66. The molecule has 4 rings (SSSR count). The third-order valence-corrected chi connectivity index (χ3v) is 7.42. The first-order valence-corrected chi connectivity index (χ1v) is 13.1. The van der Waals surface area contributed by atoms with Gasteiger partial charge in [0.2, 0.25) is 15.5 Å². The number of para-hydroxylation sites is 1. The second-order valence-corrected chi connectivity index (χ2v) is 10.5. The van der Waals surface area contributed by atoms with E-state index in [0.29, 0.717) is 17.4 Å². The van der Waals surface area contributed by atoms with Crippen molar-refractivity contribution in [1.82, 2.24) is 4.72 Å². The van der Waals surface area contributed by atoms with Crippen LogP contribution in [0.5, 0.6) is 11.5 Å². The number of hydrogen-bond donors (Lipinski definition) is 2. The molecule has 8 nitrogen and oxygen atoms in total. The number of phenolic OH excluding ortho intramolecular Hbond substituents is 1. The van der Waals surface area contributed by atoms with E-state index in [1.165, 1.54) is 18.2 Å². The molecule has 1 heterocycles. The van der Waals surface area contributed by atoms with Gasteiger partial charge in [0, 0.05) is 12.1 Å². The zero-order valence-electron chi connectivity index (χ0n) is 20.2. The molecule has 0 aliphatic heterocycles. The van der Waals surface area contributed by atoms with Crippen LogP contribution in [0.15, 0.2) is 68.7 Å². The van der Waals surface area contributed by atoms with Gasteiger partial charge >= 0.3 is 5.97 Å². The van der Waals surface area contributed by atoms with Crippen LogP contribution < -0.4 is 14.9 Å². The van der Waals surface area contributed by atoms with Crippen LogP contribution in [0.3, 0.4) is 0 Å². The minimum atomic E-state index is -3.98. The van der Waals surface area contributed by atoms with Gasteiger partial charge in [0.05, 0.1) is 10.3 Å². The van der Waals surface area contributed by atoms with E-state index in [0.717, 1.165) is 23.6 Å². The van der Waals surface area contributed by atoms with Crippen LogP contribution in [0.25, 0.3) is 21.9 Å². The predicted molar refractivity (Wildman–Crippen MR) is 137 cm³/mol. The summed E-state index contributed by atoms with van der Waals surface area (Å²) in [6.45, 7) is 5.56. The van der Waals surface area contributed by atoms with Crippen molar-refractivity contribution >= 4 is 37.9 Å². The van der Waals surface area contributed by atoms with Gasteiger partial charge in [-0.1, -0.05) is 49.6 Å². The topological polar surface area (TPSA) is 123 Å². The molecule has 0 saturated heterocycles. The SMILES string of the molecule is CCCC[C@H](NS(=O)(=O)c1ccc(C)cc1)C(=O)Oc1cc(O)c2c(=O)c3cccc(C)c3oc2c1. The number of ether oxygens (including phenoxy) is 1. The van der Waals surface area contributed by atoms with E-state index in [4.69, 9.17) is 9.15 Å². The van der Waals surface area contributed by atoms with Crippen LogP contribution in [-0.4, -0.2) is 25.5 Å². The maximum atomic E-state index is 13.0. The summed E-state index contributed by atoms with van der Waals surface area (Å²) in [5.74, 6) is -1.31. The molecule has 1 aromatic heterocycles. The highest BCUT2D eigenvalue weighted by Gasteiger charge is 2.27. The molecule has 0 saturated carbocycles. The van der Waals surface area contributed by atoms with E-state index in [9.17, 15) is 23.1 Å². The normalized spacial score (nSPS) is 12.6. The molecule has 0 radical (unpaired) electrons. The highest BCUT2D eigenvalue weighted by Crippen LogP contribution is 2.31. The average Bonchev–Trinajstić information content (AvgIpc) is 2.82. The summed E-state index contributed by atoms with van der Waals surface area (Å²) in [4.78, 5) is 26.0. The molecule has 0 unspecified atom stereocenters. The molecule has 4 aromatic rings. The molecule has 0 bridgehead atoms. The molecule has 36 heavy (non-hydrogen) atoms. The van der Waals surface area contributed by atoms with Crippen molar-refractivity contribution in [3.63, 3.8) is 0 Å². The summed E-state index contributed by atoms with van der Waals surface area (Å²) >= 11 is 0. The van der Waals surface area contributed by atoms with Gasteiger partial charge in [-0.3, -0.25) is 4.79 Å². The van der Waals surface area contributed by atoms with Crippen molar-refractivity contribution in [2.75, 3.05) is 0 Å². The summed E-state index contributed by atoms with van der Waals surface area (Å²) in [6.07, 6.45) is 1.54. The molecule has 0 amide bonds. The van der Waals surface area contributed by atoms with Crippen molar-refractivity contribution in [1.29, 1.82) is 0 Å². The number of hydrogen-bond acceptors (Lipinski definition) is 7. The monoisotopic (exact) mass is 509 g/mol. The summed E-state index contributed by atoms with van der Waals surface area (Å²) in [5, 5.41) is 10.8. The quantitative estimate of drug-likeness (QED) is 0.200. The molecule has 0 aliphatic carbocycles. The highest BCUT2D eigenvalue weighted by atomic mass is 32.2. The first-order chi connectivity index (χ1) is 17.1. The summed E-state index contributed by atoms with van der Waals surface area (Å²) in [6, 6.07) is 12.7. The highest BCUT2D eigenvalue weighted by molar-refractivity contribution is 7.89. The lowest BCUT2D eigenvalue weighted by atomic mass is 10.1. The lowest BCUT2D eigenvalue weighted by molar-refractivity contribution is -0.136. The van der Waals surface area contributed by atoms with Crippen molar-refractivity contribution in [2.45, 2.75) is 51.0 Å². The van der Waals surface area contributed by atoms with Gasteiger partial charge in [0.15, 0.2) is 0 Å². The van der Waals surface area contributed by atoms with Crippen LogP contribution in [-0.2, 0) is 14.8 Å². The van der Waals surface area contributed by atoms with Crippen LogP contribution in [0.4, 0.5) is 0 Å². The van der Waals surface area contributed by atoms with E-state index in [2.05, 4.69) is 4.72 Å². The zero-order valence-corrected chi connectivity index (χ0v) is 21.0. The minimum absolute atomic E-state index is 0.0319. The average molecular weight is 510 g/mol. The Morgan fingerprint density at radius 2 is 1.83 bits per heavy atom. The molecule has 0 spiro atoms. The van der Waals surface area contributed by atoms with Gasteiger partial charge in [-0.2, -0.15) is 4.72 Å². The summed E-state index contributed by atoms with van der Waals surface area (Å²) < 4.78 is 39.5. The third kappa shape index (κ3) is 5.12.